The van der Waals surface area contributed by atoms with Crippen molar-refractivity contribution in [1.29, 1.82) is 0 Å². The Hall–Kier alpha value is -2.98. The highest BCUT2D eigenvalue weighted by molar-refractivity contribution is 7.89. The lowest BCUT2D eigenvalue weighted by atomic mass is 10.1. The summed E-state index contributed by atoms with van der Waals surface area (Å²) in [5.41, 5.74) is 0.404. The largest absolute Gasteiger partial charge is 0.474 e. The van der Waals surface area contributed by atoms with E-state index in [0.717, 1.165) is 24.5 Å². The van der Waals surface area contributed by atoms with Gasteiger partial charge in [-0.3, -0.25) is 14.9 Å². The Morgan fingerprint density at radius 1 is 1.13 bits per heavy atom. The van der Waals surface area contributed by atoms with Crippen molar-refractivity contribution in [3.63, 3.8) is 0 Å². The van der Waals surface area contributed by atoms with Crippen molar-refractivity contribution in [1.82, 2.24) is 9.62 Å². The molecule has 2 aromatic rings. The number of amides is 1. The maximum absolute atomic E-state index is 12.7. The summed E-state index contributed by atoms with van der Waals surface area (Å²) in [4.78, 5) is 23.2. The summed E-state index contributed by atoms with van der Waals surface area (Å²) in [5.74, 6) is -0.611. The van der Waals surface area contributed by atoms with Crippen LogP contribution in [-0.2, 0) is 14.8 Å². The van der Waals surface area contributed by atoms with Gasteiger partial charge in [-0.25, -0.2) is 8.42 Å². The Kier molecular flexibility index (Phi) is 6.91. The number of nitrogens with one attached hydrogen (secondary N) is 1. The molecule has 0 spiro atoms. The molecule has 2 atom stereocenters. The normalized spacial score (nSPS) is 16.5. The lowest BCUT2D eigenvalue weighted by molar-refractivity contribution is -0.386. The van der Waals surface area contributed by atoms with Crippen LogP contribution >= 0.6 is 0 Å². The van der Waals surface area contributed by atoms with Crippen LogP contribution in [0.1, 0.15) is 38.3 Å². The number of hydrogen-bond acceptors (Lipinski definition) is 6. The van der Waals surface area contributed by atoms with Gasteiger partial charge in [0.15, 0.2) is 11.9 Å². The number of rotatable bonds is 8. The molecule has 166 valence electrons. The van der Waals surface area contributed by atoms with E-state index in [4.69, 9.17) is 4.74 Å². The minimum atomic E-state index is -3.81. The summed E-state index contributed by atoms with van der Waals surface area (Å²) in [5, 5.41) is 14.4. The highest BCUT2D eigenvalue weighted by atomic mass is 32.2. The van der Waals surface area contributed by atoms with Gasteiger partial charge in [0.05, 0.1) is 15.9 Å². The van der Waals surface area contributed by atoms with Gasteiger partial charge in [-0.15, -0.1) is 0 Å². The van der Waals surface area contributed by atoms with E-state index in [1.54, 1.807) is 0 Å². The molecule has 1 amide bonds. The lowest BCUT2D eigenvalue weighted by Gasteiger charge is -2.19. The van der Waals surface area contributed by atoms with E-state index in [1.807, 2.05) is 37.3 Å². The Balaban J connectivity index is 1.76. The SMILES string of the molecule is C[C@H](Oc1ccc(S(=O)(=O)N2CCCC2)cc1[N+](=O)[O-])C(=O)N[C@H](C)c1ccccc1. The molecule has 0 radical (unpaired) electrons. The molecule has 3 rings (SSSR count). The molecule has 0 aliphatic carbocycles. The van der Waals surface area contributed by atoms with Crippen molar-refractivity contribution < 1.29 is 22.9 Å². The highest BCUT2D eigenvalue weighted by Crippen LogP contribution is 2.32. The minimum absolute atomic E-state index is 0.164. The third kappa shape index (κ3) is 5.20. The molecule has 1 fully saturated rings. The van der Waals surface area contributed by atoms with Crippen LogP contribution in [0.15, 0.2) is 53.4 Å². The lowest BCUT2D eigenvalue weighted by Crippen LogP contribution is -2.37. The number of sulfonamides is 1. The van der Waals surface area contributed by atoms with Gasteiger partial charge in [0, 0.05) is 19.2 Å². The molecule has 2 aromatic carbocycles. The van der Waals surface area contributed by atoms with Gasteiger partial charge in [-0.1, -0.05) is 30.3 Å². The predicted molar refractivity (Wildman–Crippen MR) is 114 cm³/mol. The molecule has 1 aliphatic rings. The number of nitrogens with zero attached hydrogens (tertiary/aromatic N) is 2. The average Bonchev–Trinajstić information content (AvgIpc) is 3.30. The fraction of sp³-hybridized carbons (Fsp3) is 0.381. The number of nitro benzene ring substituents is 1. The van der Waals surface area contributed by atoms with E-state index < -0.39 is 32.6 Å². The van der Waals surface area contributed by atoms with Crippen LogP contribution in [0.25, 0.3) is 0 Å². The summed E-state index contributed by atoms with van der Waals surface area (Å²) in [6.07, 6.45) is 0.499. The summed E-state index contributed by atoms with van der Waals surface area (Å²) >= 11 is 0. The standard InChI is InChI=1S/C21H25N3O6S/c1-15(17-8-4-3-5-9-17)22-21(25)16(2)30-20-11-10-18(14-19(20)24(26)27)31(28,29)23-12-6-7-13-23/h3-5,8-11,14-16H,6-7,12-13H2,1-2H3,(H,22,25)/t15-,16+/m1/s1. The first-order chi connectivity index (χ1) is 14.7. The van der Waals surface area contributed by atoms with Crippen molar-refractivity contribution in [2.75, 3.05) is 13.1 Å². The molecular weight excluding hydrogens is 422 g/mol. The first-order valence-electron chi connectivity index (χ1n) is 10.0. The van der Waals surface area contributed by atoms with E-state index >= 15 is 0 Å². The smallest absolute Gasteiger partial charge is 0.312 e. The van der Waals surface area contributed by atoms with Crippen molar-refractivity contribution in [2.24, 2.45) is 0 Å². The molecule has 31 heavy (non-hydrogen) atoms. The number of hydrogen-bond donors (Lipinski definition) is 1. The fourth-order valence-corrected chi connectivity index (χ4v) is 4.91. The highest BCUT2D eigenvalue weighted by Gasteiger charge is 2.30. The Bertz CT molecular complexity index is 1050. The number of nitro groups is 1. The second-order valence-electron chi connectivity index (χ2n) is 7.40. The monoisotopic (exact) mass is 447 g/mol. The van der Waals surface area contributed by atoms with Gasteiger partial charge in [0.1, 0.15) is 0 Å². The third-order valence-corrected chi connectivity index (χ3v) is 7.06. The summed E-state index contributed by atoms with van der Waals surface area (Å²) in [7, 11) is -3.81. The second-order valence-corrected chi connectivity index (χ2v) is 9.34. The molecule has 0 bridgehead atoms. The van der Waals surface area contributed by atoms with E-state index in [0.29, 0.717) is 13.1 Å². The van der Waals surface area contributed by atoms with Gasteiger partial charge in [0.2, 0.25) is 10.0 Å². The molecular formula is C21H25N3O6S. The van der Waals surface area contributed by atoms with Crippen LogP contribution in [0, 0.1) is 10.1 Å². The molecule has 1 heterocycles. The second kappa shape index (κ2) is 9.44. The number of carbonyl (C=O) groups excluding carboxylic acids is 1. The van der Waals surface area contributed by atoms with Gasteiger partial charge >= 0.3 is 5.69 Å². The molecule has 1 N–H and O–H groups in total. The van der Waals surface area contributed by atoms with Gasteiger partial charge in [0.25, 0.3) is 5.91 Å². The van der Waals surface area contributed by atoms with Crippen molar-refractivity contribution in [3.05, 3.63) is 64.2 Å². The zero-order valence-electron chi connectivity index (χ0n) is 17.4. The van der Waals surface area contributed by atoms with E-state index in [1.165, 1.54) is 23.4 Å². The van der Waals surface area contributed by atoms with E-state index in [-0.39, 0.29) is 16.7 Å². The van der Waals surface area contributed by atoms with Crippen molar-refractivity contribution in [3.8, 4) is 5.75 Å². The maximum Gasteiger partial charge on any atom is 0.312 e. The Morgan fingerprint density at radius 2 is 1.77 bits per heavy atom. The third-order valence-electron chi connectivity index (χ3n) is 5.16. The van der Waals surface area contributed by atoms with Crippen molar-refractivity contribution >= 4 is 21.6 Å². The Labute approximate surface area is 181 Å². The minimum Gasteiger partial charge on any atom is -0.474 e. The zero-order valence-corrected chi connectivity index (χ0v) is 18.2. The summed E-state index contributed by atoms with van der Waals surface area (Å²) < 4.78 is 32.3. The fourth-order valence-electron chi connectivity index (χ4n) is 3.38. The van der Waals surface area contributed by atoms with E-state index in [9.17, 15) is 23.3 Å². The van der Waals surface area contributed by atoms with Gasteiger partial charge < -0.3 is 10.1 Å². The number of ether oxygens (including phenoxy) is 1. The number of benzene rings is 2. The van der Waals surface area contributed by atoms with Crippen LogP contribution in [0.3, 0.4) is 0 Å². The topological polar surface area (TPSA) is 119 Å². The predicted octanol–water partition coefficient (Wildman–Crippen LogP) is 3.02. The van der Waals surface area contributed by atoms with Gasteiger partial charge in [-0.2, -0.15) is 4.31 Å². The summed E-state index contributed by atoms with van der Waals surface area (Å²) in [6, 6.07) is 12.6. The van der Waals surface area contributed by atoms with Crippen LogP contribution in [-0.4, -0.2) is 42.7 Å². The summed E-state index contributed by atoms with van der Waals surface area (Å²) in [6.45, 7) is 4.09. The maximum atomic E-state index is 12.7. The zero-order chi connectivity index (χ0) is 22.6. The quantitative estimate of drug-likeness (QED) is 0.491. The molecule has 1 saturated heterocycles. The Morgan fingerprint density at radius 3 is 2.39 bits per heavy atom. The molecule has 1 aliphatic heterocycles. The van der Waals surface area contributed by atoms with Crippen LogP contribution in [0.2, 0.25) is 0 Å². The van der Waals surface area contributed by atoms with Crippen LogP contribution in [0.5, 0.6) is 5.75 Å². The van der Waals surface area contributed by atoms with Crippen molar-refractivity contribution in [2.45, 2.75) is 43.7 Å². The average molecular weight is 448 g/mol. The van der Waals surface area contributed by atoms with Gasteiger partial charge in [-0.05, 0) is 44.4 Å². The van der Waals surface area contributed by atoms with Crippen LogP contribution < -0.4 is 10.1 Å². The molecule has 0 unspecified atom stereocenters. The van der Waals surface area contributed by atoms with Crippen LogP contribution in [0.4, 0.5) is 5.69 Å². The first kappa shape index (κ1) is 22.7. The molecule has 0 saturated carbocycles. The molecule has 0 aromatic heterocycles. The first-order valence-corrected chi connectivity index (χ1v) is 11.4. The van der Waals surface area contributed by atoms with E-state index in [2.05, 4.69) is 5.32 Å². The molecule has 9 nitrogen and oxygen atoms in total. The molecule has 10 heteroatoms. The number of carbonyl (C=O) groups is 1.